The van der Waals surface area contributed by atoms with Crippen LogP contribution in [0.2, 0.25) is 0 Å². The van der Waals surface area contributed by atoms with E-state index >= 15 is 0 Å². The molecule has 0 radical (unpaired) electrons. The Morgan fingerprint density at radius 3 is 2.80 bits per heavy atom. The van der Waals surface area contributed by atoms with Gasteiger partial charge in [0.25, 0.3) is 0 Å². The molecule has 0 saturated heterocycles. The van der Waals surface area contributed by atoms with Crippen molar-refractivity contribution in [2.24, 2.45) is 0 Å². The van der Waals surface area contributed by atoms with Crippen molar-refractivity contribution in [3.63, 3.8) is 0 Å². The van der Waals surface area contributed by atoms with E-state index in [2.05, 4.69) is 20.3 Å². The molecule has 6 heteroatoms. The SMILES string of the molecule is CC(C)Oc1ncccc1CNc1nccnc1C#N. The molecule has 20 heavy (non-hydrogen) atoms. The lowest BCUT2D eigenvalue weighted by Crippen LogP contribution is -2.11. The molecule has 0 unspecified atom stereocenters. The Labute approximate surface area is 117 Å². The minimum atomic E-state index is 0.0508. The molecule has 0 amide bonds. The quantitative estimate of drug-likeness (QED) is 0.895. The van der Waals surface area contributed by atoms with Crippen LogP contribution in [0.3, 0.4) is 0 Å². The minimum absolute atomic E-state index is 0.0508. The number of nitrogens with zero attached hydrogens (tertiary/aromatic N) is 4. The Morgan fingerprint density at radius 1 is 1.25 bits per heavy atom. The predicted octanol–water partition coefficient (Wildman–Crippen LogP) is 2.14. The van der Waals surface area contributed by atoms with Gasteiger partial charge in [-0.25, -0.2) is 15.0 Å². The molecule has 0 aliphatic heterocycles. The number of pyridine rings is 1. The highest BCUT2D eigenvalue weighted by atomic mass is 16.5. The number of anilines is 1. The third kappa shape index (κ3) is 3.42. The molecule has 0 atom stereocenters. The standard InChI is InChI=1S/C14H15N5O/c1-10(2)20-14-11(4-3-5-18-14)9-19-13-12(8-15)16-6-7-17-13/h3-7,10H,9H2,1-2H3,(H,17,19). The molecule has 2 rings (SSSR count). The first kappa shape index (κ1) is 13.7. The van der Waals surface area contributed by atoms with Crippen molar-refractivity contribution in [1.29, 1.82) is 5.26 Å². The third-order valence-electron chi connectivity index (χ3n) is 2.45. The maximum Gasteiger partial charge on any atom is 0.218 e. The third-order valence-corrected chi connectivity index (χ3v) is 2.45. The number of aromatic nitrogens is 3. The smallest absolute Gasteiger partial charge is 0.218 e. The molecule has 2 heterocycles. The van der Waals surface area contributed by atoms with Crippen molar-refractivity contribution in [3.05, 3.63) is 42.0 Å². The summed E-state index contributed by atoms with van der Waals surface area (Å²) in [6.07, 6.45) is 4.76. The van der Waals surface area contributed by atoms with Crippen LogP contribution in [0.5, 0.6) is 5.88 Å². The van der Waals surface area contributed by atoms with E-state index < -0.39 is 0 Å². The second-order valence-electron chi connectivity index (χ2n) is 4.35. The predicted molar refractivity (Wildman–Crippen MR) is 74.1 cm³/mol. The van der Waals surface area contributed by atoms with Crippen LogP contribution in [0.1, 0.15) is 25.1 Å². The van der Waals surface area contributed by atoms with Gasteiger partial charge < -0.3 is 10.1 Å². The summed E-state index contributed by atoms with van der Waals surface area (Å²) in [4.78, 5) is 12.3. The van der Waals surface area contributed by atoms with Gasteiger partial charge in [-0.15, -0.1) is 0 Å². The Morgan fingerprint density at radius 2 is 2.05 bits per heavy atom. The van der Waals surface area contributed by atoms with Gasteiger partial charge in [-0.05, 0) is 19.9 Å². The molecule has 0 aliphatic rings. The average molecular weight is 269 g/mol. The van der Waals surface area contributed by atoms with Gasteiger partial charge >= 0.3 is 0 Å². The normalized spacial score (nSPS) is 10.1. The molecule has 0 saturated carbocycles. The molecule has 0 spiro atoms. The van der Waals surface area contributed by atoms with Crippen molar-refractivity contribution in [1.82, 2.24) is 15.0 Å². The molecule has 0 fully saturated rings. The van der Waals surface area contributed by atoms with E-state index in [-0.39, 0.29) is 11.8 Å². The van der Waals surface area contributed by atoms with E-state index in [4.69, 9.17) is 10.00 Å². The topological polar surface area (TPSA) is 83.7 Å². The Hall–Kier alpha value is -2.68. The maximum absolute atomic E-state index is 8.96. The van der Waals surface area contributed by atoms with Gasteiger partial charge in [0.05, 0.1) is 6.10 Å². The first-order chi connectivity index (χ1) is 9.70. The fourth-order valence-corrected chi connectivity index (χ4v) is 1.62. The fourth-order valence-electron chi connectivity index (χ4n) is 1.62. The van der Waals surface area contributed by atoms with E-state index in [0.29, 0.717) is 18.2 Å². The summed E-state index contributed by atoms with van der Waals surface area (Å²) in [5.41, 5.74) is 1.17. The summed E-state index contributed by atoms with van der Waals surface area (Å²) >= 11 is 0. The van der Waals surface area contributed by atoms with Gasteiger partial charge in [-0.3, -0.25) is 0 Å². The van der Waals surface area contributed by atoms with Crippen LogP contribution in [0.15, 0.2) is 30.7 Å². The second-order valence-corrected chi connectivity index (χ2v) is 4.35. The molecule has 2 aromatic rings. The highest BCUT2D eigenvalue weighted by Gasteiger charge is 2.08. The molecular formula is C14H15N5O. The number of rotatable bonds is 5. The number of ether oxygens (including phenoxy) is 1. The summed E-state index contributed by atoms with van der Waals surface area (Å²) in [6, 6.07) is 5.75. The van der Waals surface area contributed by atoms with Crippen LogP contribution in [0.4, 0.5) is 5.82 Å². The zero-order chi connectivity index (χ0) is 14.4. The Balaban J connectivity index is 2.13. The lowest BCUT2D eigenvalue weighted by atomic mass is 10.2. The first-order valence-electron chi connectivity index (χ1n) is 6.26. The average Bonchev–Trinajstić information content (AvgIpc) is 2.46. The largest absolute Gasteiger partial charge is 0.475 e. The highest BCUT2D eigenvalue weighted by Crippen LogP contribution is 2.17. The van der Waals surface area contributed by atoms with Crippen molar-refractivity contribution < 1.29 is 4.74 Å². The van der Waals surface area contributed by atoms with Crippen molar-refractivity contribution in [3.8, 4) is 11.9 Å². The zero-order valence-corrected chi connectivity index (χ0v) is 11.4. The molecule has 2 aromatic heterocycles. The highest BCUT2D eigenvalue weighted by molar-refractivity contribution is 5.47. The summed E-state index contributed by atoms with van der Waals surface area (Å²) in [5.74, 6) is 1.03. The van der Waals surface area contributed by atoms with E-state index in [1.807, 2.05) is 32.0 Å². The van der Waals surface area contributed by atoms with Crippen LogP contribution in [0.25, 0.3) is 0 Å². The summed E-state index contributed by atoms with van der Waals surface area (Å²) in [7, 11) is 0. The summed E-state index contributed by atoms with van der Waals surface area (Å²) < 4.78 is 5.64. The summed E-state index contributed by atoms with van der Waals surface area (Å²) in [5, 5.41) is 12.0. The van der Waals surface area contributed by atoms with Gasteiger partial charge in [-0.1, -0.05) is 6.07 Å². The molecule has 0 aliphatic carbocycles. The van der Waals surface area contributed by atoms with Crippen LogP contribution in [-0.4, -0.2) is 21.1 Å². The van der Waals surface area contributed by atoms with Crippen molar-refractivity contribution in [2.45, 2.75) is 26.5 Å². The fraction of sp³-hybridized carbons (Fsp3) is 0.286. The molecule has 1 N–H and O–H groups in total. The number of hydrogen-bond acceptors (Lipinski definition) is 6. The molecule has 102 valence electrons. The molecule has 0 bridgehead atoms. The van der Waals surface area contributed by atoms with Crippen molar-refractivity contribution in [2.75, 3.05) is 5.32 Å². The van der Waals surface area contributed by atoms with E-state index in [1.165, 1.54) is 12.4 Å². The molecule has 0 aromatic carbocycles. The van der Waals surface area contributed by atoms with Crippen LogP contribution < -0.4 is 10.1 Å². The lowest BCUT2D eigenvalue weighted by Gasteiger charge is -2.13. The number of nitriles is 1. The Bertz CT molecular complexity index is 621. The van der Waals surface area contributed by atoms with E-state index in [1.54, 1.807) is 6.20 Å². The second kappa shape index (κ2) is 6.48. The molecular weight excluding hydrogens is 254 g/mol. The van der Waals surface area contributed by atoms with Gasteiger partial charge in [0.1, 0.15) is 6.07 Å². The van der Waals surface area contributed by atoms with E-state index in [9.17, 15) is 0 Å². The minimum Gasteiger partial charge on any atom is -0.475 e. The lowest BCUT2D eigenvalue weighted by molar-refractivity contribution is 0.230. The summed E-state index contributed by atoms with van der Waals surface area (Å²) in [6.45, 7) is 4.36. The number of hydrogen-bond donors (Lipinski definition) is 1. The molecule has 6 nitrogen and oxygen atoms in total. The van der Waals surface area contributed by atoms with Crippen LogP contribution >= 0.6 is 0 Å². The van der Waals surface area contributed by atoms with E-state index in [0.717, 1.165) is 5.56 Å². The van der Waals surface area contributed by atoms with Crippen LogP contribution in [-0.2, 0) is 6.54 Å². The zero-order valence-electron chi connectivity index (χ0n) is 11.4. The van der Waals surface area contributed by atoms with Gasteiger partial charge in [0.15, 0.2) is 11.5 Å². The maximum atomic E-state index is 8.96. The van der Waals surface area contributed by atoms with Gasteiger partial charge in [0.2, 0.25) is 5.88 Å². The van der Waals surface area contributed by atoms with Gasteiger partial charge in [-0.2, -0.15) is 5.26 Å². The monoisotopic (exact) mass is 269 g/mol. The first-order valence-corrected chi connectivity index (χ1v) is 6.26. The van der Waals surface area contributed by atoms with Crippen molar-refractivity contribution >= 4 is 5.82 Å². The Kier molecular flexibility index (Phi) is 4.45. The van der Waals surface area contributed by atoms with Gasteiger partial charge in [0, 0.05) is 30.7 Å². The van der Waals surface area contributed by atoms with Crippen LogP contribution in [0, 0.1) is 11.3 Å². The number of nitrogens with one attached hydrogen (secondary N) is 1.